The summed E-state index contributed by atoms with van der Waals surface area (Å²) >= 11 is 0. The average molecular weight is 322 g/mol. The molecule has 7 heteroatoms. The van der Waals surface area contributed by atoms with Gasteiger partial charge in [-0.25, -0.2) is 9.18 Å². The van der Waals surface area contributed by atoms with Crippen LogP contribution in [0.1, 0.15) is 20.3 Å². The van der Waals surface area contributed by atoms with E-state index >= 15 is 0 Å². The molecule has 1 aliphatic heterocycles. The number of likely N-dealkylation sites (tertiary alicyclic amines) is 1. The molecule has 1 fully saturated rings. The summed E-state index contributed by atoms with van der Waals surface area (Å²) in [6.07, 6.45) is 0.892. The largest absolute Gasteiger partial charge is 0.330 e. The lowest BCUT2D eigenvalue weighted by atomic mass is 10.1. The van der Waals surface area contributed by atoms with E-state index in [1.54, 1.807) is 18.7 Å². The minimum absolute atomic E-state index is 0.0581. The highest BCUT2D eigenvalue weighted by molar-refractivity contribution is 5.94. The van der Waals surface area contributed by atoms with Crippen LogP contribution in [0, 0.1) is 17.7 Å². The molecule has 1 aromatic rings. The van der Waals surface area contributed by atoms with E-state index < -0.39 is 5.82 Å². The van der Waals surface area contributed by atoms with Gasteiger partial charge in [0.2, 0.25) is 5.91 Å². The lowest BCUT2D eigenvalue weighted by Gasteiger charge is -2.18. The molecule has 23 heavy (non-hydrogen) atoms. The Balaban J connectivity index is 2.03. The molecule has 1 heterocycles. The number of nitrogens with zero attached hydrogens (tertiary/aromatic N) is 1. The van der Waals surface area contributed by atoms with E-state index in [0.717, 1.165) is 6.42 Å². The topological polar surface area (TPSA) is 87.5 Å². The second-order valence-corrected chi connectivity index (χ2v) is 6.11. The number of nitrogens with two attached hydrogens (primary N) is 1. The van der Waals surface area contributed by atoms with Crippen molar-refractivity contribution in [2.45, 2.75) is 20.3 Å². The van der Waals surface area contributed by atoms with Gasteiger partial charge in [-0.2, -0.15) is 0 Å². The van der Waals surface area contributed by atoms with Crippen LogP contribution >= 0.6 is 0 Å². The third kappa shape index (κ3) is 4.41. The molecule has 1 atom stereocenters. The maximum atomic E-state index is 13.8. The third-order valence-electron chi connectivity index (χ3n) is 3.91. The number of urea groups is 1. The molecule has 3 amide bonds. The Kier molecular flexibility index (Phi) is 5.54. The highest BCUT2D eigenvalue weighted by Gasteiger charge is 2.25. The Morgan fingerprint density at radius 3 is 2.74 bits per heavy atom. The zero-order valence-corrected chi connectivity index (χ0v) is 13.4. The summed E-state index contributed by atoms with van der Waals surface area (Å²) in [5.41, 5.74) is 6.11. The SMILES string of the molecule is CC(C)C(=O)Nc1cc(NC(=O)N2CCC(CN)C2)ccc1F. The van der Waals surface area contributed by atoms with Crippen LogP contribution in [0.2, 0.25) is 0 Å². The second-order valence-electron chi connectivity index (χ2n) is 6.11. The average Bonchev–Trinajstić information content (AvgIpc) is 2.99. The van der Waals surface area contributed by atoms with Crippen LogP contribution in [-0.4, -0.2) is 36.5 Å². The first-order chi connectivity index (χ1) is 10.9. The van der Waals surface area contributed by atoms with Crippen molar-refractivity contribution in [2.75, 3.05) is 30.3 Å². The third-order valence-corrected chi connectivity index (χ3v) is 3.91. The van der Waals surface area contributed by atoms with Crippen LogP contribution in [0.25, 0.3) is 0 Å². The molecule has 1 aliphatic rings. The molecule has 1 saturated heterocycles. The molecule has 1 unspecified atom stereocenters. The Morgan fingerprint density at radius 1 is 1.39 bits per heavy atom. The van der Waals surface area contributed by atoms with Crippen LogP contribution in [0.3, 0.4) is 0 Å². The number of carbonyl (C=O) groups excluding carboxylic acids is 2. The molecule has 0 saturated carbocycles. The van der Waals surface area contributed by atoms with E-state index in [0.29, 0.717) is 31.2 Å². The van der Waals surface area contributed by atoms with Crippen LogP contribution in [0.4, 0.5) is 20.6 Å². The van der Waals surface area contributed by atoms with Gasteiger partial charge in [-0.05, 0) is 37.1 Å². The van der Waals surface area contributed by atoms with Crippen molar-refractivity contribution in [3.05, 3.63) is 24.0 Å². The van der Waals surface area contributed by atoms with Crippen LogP contribution in [0.15, 0.2) is 18.2 Å². The Morgan fingerprint density at radius 2 is 2.13 bits per heavy atom. The van der Waals surface area contributed by atoms with Gasteiger partial charge in [0.15, 0.2) is 0 Å². The monoisotopic (exact) mass is 322 g/mol. The molecule has 0 aliphatic carbocycles. The fourth-order valence-corrected chi connectivity index (χ4v) is 2.39. The van der Waals surface area contributed by atoms with E-state index in [2.05, 4.69) is 10.6 Å². The summed E-state index contributed by atoms with van der Waals surface area (Å²) in [4.78, 5) is 25.6. The molecule has 4 N–H and O–H groups in total. The van der Waals surface area contributed by atoms with Gasteiger partial charge in [-0.1, -0.05) is 13.8 Å². The van der Waals surface area contributed by atoms with Crippen molar-refractivity contribution < 1.29 is 14.0 Å². The molecule has 0 radical (unpaired) electrons. The van der Waals surface area contributed by atoms with Gasteiger partial charge < -0.3 is 21.3 Å². The van der Waals surface area contributed by atoms with E-state index in [9.17, 15) is 14.0 Å². The van der Waals surface area contributed by atoms with Gasteiger partial charge in [0, 0.05) is 24.7 Å². The van der Waals surface area contributed by atoms with Crippen molar-refractivity contribution >= 4 is 23.3 Å². The standard InChI is InChI=1S/C16H23FN4O2/c1-10(2)15(22)20-14-7-12(3-4-13(14)17)19-16(23)21-6-5-11(8-18)9-21/h3-4,7,10-11H,5-6,8-9,18H2,1-2H3,(H,19,23)(H,20,22). The van der Waals surface area contributed by atoms with Crippen molar-refractivity contribution in [1.82, 2.24) is 4.90 Å². The molecule has 2 rings (SSSR count). The van der Waals surface area contributed by atoms with Gasteiger partial charge in [-0.3, -0.25) is 4.79 Å². The second kappa shape index (κ2) is 7.41. The highest BCUT2D eigenvalue weighted by atomic mass is 19.1. The number of nitrogens with one attached hydrogen (secondary N) is 2. The summed E-state index contributed by atoms with van der Waals surface area (Å²) < 4.78 is 13.8. The molecule has 0 bridgehead atoms. The van der Waals surface area contributed by atoms with Crippen molar-refractivity contribution in [2.24, 2.45) is 17.6 Å². The van der Waals surface area contributed by atoms with E-state index in [-0.39, 0.29) is 23.5 Å². The van der Waals surface area contributed by atoms with Gasteiger partial charge in [0.1, 0.15) is 5.82 Å². The molecule has 0 spiro atoms. The minimum Gasteiger partial charge on any atom is -0.330 e. The lowest BCUT2D eigenvalue weighted by molar-refractivity contribution is -0.118. The first kappa shape index (κ1) is 17.2. The summed E-state index contributed by atoms with van der Waals surface area (Å²) in [6.45, 7) is 5.29. The Hall–Kier alpha value is -2.15. The predicted octanol–water partition coefficient (Wildman–Crippen LogP) is 2.23. The maximum absolute atomic E-state index is 13.8. The number of hydrogen-bond acceptors (Lipinski definition) is 3. The molecular formula is C16H23FN4O2. The smallest absolute Gasteiger partial charge is 0.321 e. The quantitative estimate of drug-likeness (QED) is 0.794. The van der Waals surface area contributed by atoms with Gasteiger partial charge in [0.25, 0.3) is 0 Å². The predicted molar refractivity (Wildman–Crippen MR) is 87.6 cm³/mol. The van der Waals surface area contributed by atoms with E-state index in [1.165, 1.54) is 18.2 Å². The van der Waals surface area contributed by atoms with E-state index in [1.807, 2.05) is 0 Å². The Bertz CT molecular complexity index is 591. The number of carbonyl (C=O) groups is 2. The number of anilines is 2. The molecular weight excluding hydrogens is 299 g/mol. The minimum atomic E-state index is -0.540. The first-order valence-corrected chi connectivity index (χ1v) is 7.77. The van der Waals surface area contributed by atoms with Crippen molar-refractivity contribution in [3.8, 4) is 0 Å². The van der Waals surface area contributed by atoms with Crippen LogP contribution in [-0.2, 0) is 4.79 Å². The van der Waals surface area contributed by atoms with Crippen molar-refractivity contribution in [1.29, 1.82) is 0 Å². The highest BCUT2D eigenvalue weighted by Crippen LogP contribution is 2.22. The van der Waals surface area contributed by atoms with Crippen LogP contribution in [0.5, 0.6) is 0 Å². The fraction of sp³-hybridized carbons (Fsp3) is 0.500. The van der Waals surface area contributed by atoms with Gasteiger partial charge >= 0.3 is 6.03 Å². The summed E-state index contributed by atoms with van der Waals surface area (Å²) in [5.74, 6) is -0.751. The number of halogens is 1. The zero-order valence-electron chi connectivity index (χ0n) is 13.4. The summed E-state index contributed by atoms with van der Waals surface area (Å²) in [5, 5.41) is 5.24. The first-order valence-electron chi connectivity index (χ1n) is 7.77. The number of amides is 3. The maximum Gasteiger partial charge on any atom is 0.321 e. The molecule has 6 nitrogen and oxygen atoms in total. The lowest BCUT2D eigenvalue weighted by Crippen LogP contribution is -2.33. The normalized spacial score (nSPS) is 17.4. The van der Waals surface area contributed by atoms with E-state index in [4.69, 9.17) is 5.73 Å². The summed E-state index contributed by atoms with van der Waals surface area (Å²) in [6, 6.07) is 3.87. The Labute approximate surface area is 135 Å². The molecule has 1 aromatic carbocycles. The zero-order chi connectivity index (χ0) is 17.0. The number of rotatable bonds is 4. The molecule has 126 valence electrons. The van der Waals surface area contributed by atoms with Crippen LogP contribution < -0.4 is 16.4 Å². The van der Waals surface area contributed by atoms with Gasteiger partial charge in [-0.15, -0.1) is 0 Å². The molecule has 0 aromatic heterocycles. The number of hydrogen-bond donors (Lipinski definition) is 3. The summed E-state index contributed by atoms with van der Waals surface area (Å²) in [7, 11) is 0. The van der Waals surface area contributed by atoms with Gasteiger partial charge in [0.05, 0.1) is 5.69 Å². The fourth-order valence-electron chi connectivity index (χ4n) is 2.39. The van der Waals surface area contributed by atoms with Crippen molar-refractivity contribution in [3.63, 3.8) is 0 Å². The number of benzene rings is 1.